The van der Waals surface area contributed by atoms with Gasteiger partial charge in [0, 0.05) is 11.3 Å². The Morgan fingerprint density at radius 3 is 2.08 bits per heavy atom. The van der Waals surface area contributed by atoms with Crippen LogP contribution in [-0.4, -0.2) is 0 Å². The summed E-state index contributed by atoms with van der Waals surface area (Å²) in [7, 11) is 0. The zero-order valence-corrected chi connectivity index (χ0v) is 13.8. The molecule has 7 rings (SSSR count). The zero-order valence-electron chi connectivity index (χ0n) is 13.8. The standard InChI is InChI=1S/C24H20/c1-3-13-20-17(10-1)22-18-11-2-4-14-21(18)24(20)15-6-5-8-16-9-7-12-19(22)23(16)24/h1-4,7,9-14,22H,5-6,8,15H2. The molecule has 4 aliphatic rings. The van der Waals surface area contributed by atoms with Gasteiger partial charge in [0.15, 0.2) is 0 Å². The van der Waals surface area contributed by atoms with Crippen LogP contribution in [-0.2, 0) is 11.8 Å². The molecule has 0 saturated carbocycles. The third-order valence-electron chi connectivity index (χ3n) is 6.63. The molecule has 116 valence electrons. The van der Waals surface area contributed by atoms with Gasteiger partial charge in [0.05, 0.1) is 0 Å². The predicted octanol–water partition coefficient (Wildman–Crippen LogP) is 5.55. The molecule has 0 atom stereocenters. The van der Waals surface area contributed by atoms with Crippen molar-refractivity contribution in [2.45, 2.75) is 37.0 Å². The Kier molecular flexibility index (Phi) is 2.38. The lowest BCUT2D eigenvalue weighted by Gasteiger charge is -2.51. The van der Waals surface area contributed by atoms with E-state index in [1.165, 1.54) is 25.7 Å². The normalized spacial score (nSPS) is 25.4. The highest BCUT2D eigenvalue weighted by Gasteiger charge is 2.52. The van der Waals surface area contributed by atoms with Gasteiger partial charge in [0.1, 0.15) is 0 Å². The molecule has 0 radical (unpaired) electrons. The van der Waals surface area contributed by atoms with Crippen LogP contribution in [0.25, 0.3) is 0 Å². The van der Waals surface area contributed by atoms with Crippen molar-refractivity contribution < 1.29 is 0 Å². The number of rotatable bonds is 0. The van der Waals surface area contributed by atoms with Crippen molar-refractivity contribution in [3.63, 3.8) is 0 Å². The molecule has 3 aromatic rings. The molecule has 0 N–H and O–H groups in total. The van der Waals surface area contributed by atoms with Crippen molar-refractivity contribution in [3.8, 4) is 0 Å². The van der Waals surface area contributed by atoms with Gasteiger partial charge < -0.3 is 0 Å². The molecule has 1 spiro atoms. The van der Waals surface area contributed by atoms with Crippen molar-refractivity contribution in [3.05, 3.63) is 106 Å². The fourth-order valence-electron chi connectivity index (χ4n) is 5.88. The lowest BCUT2D eigenvalue weighted by molar-refractivity contribution is 0.493. The van der Waals surface area contributed by atoms with Gasteiger partial charge in [-0.3, -0.25) is 0 Å². The molecule has 0 heteroatoms. The minimum Gasteiger partial charge on any atom is -0.0619 e. The average molecular weight is 308 g/mol. The smallest absolute Gasteiger partial charge is 0.0463 e. The van der Waals surface area contributed by atoms with E-state index in [2.05, 4.69) is 66.7 Å². The summed E-state index contributed by atoms with van der Waals surface area (Å²) in [5.74, 6) is 0.423. The van der Waals surface area contributed by atoms with Gasteiger partial charge >= 0.3 is 0 Å². The van der Waals surface area contributed by atoms with Crippen molar-refractivity contribution >= 4 is 0 Å². The van der Waals surface area contributed by atoms with E-state index >= 15 is 0 Å². The topological polar surface area (TPSA) is 0 Å². The first kappa shape index (κ1) is 13.0. The Balaban J connectivity index is 1.85. The maximum atomic E-state index is 2.41. The Morgan fingerprint density at radius 2 is 1.33 bits per heavy atom. The highest BCUT2D eigenvalue weighted by Crippen LogP contribution is 2.62. The fourth-order valence-corrected chi connectivity index (χ4v) is 5.88. The highest BCUT2D eigenvalue weighted by molar-refractivity contribution is 5.73. The fraction of sp³-hybridized carbons (Fsp3) is 0.250. The second kappa shape index (κ2) is 4.39. The van der Waals surface area contributed by atoms with Crippen LogP contribution in [0.4, 0.5) is 0 Å². The third-order valence-corrected chi connectivity index (χ3v) is 6.63. The maximum Gasteiger partial charge on any atom is 0.0463 e. The summed E-state index contributed by atoms with van der Waals surface area (Å²) in [6.07, 6.45) is 5.11. The third kappa shape index (κ3) is 1.33. The highest BCUT2D eigenvalue weighted by atomic mass is 14.5. The van der Waals surface area contributed by atoms with Crippen LogP contribution in [0.15, 0.2) is 66.7 Å². The lowest BCUT2D eigenvalue weighted by atomic mass is 9.51. The molecule has 0 heterocycles. The first-order valence-electron chi connectivity index (χ1n) is 9.22. The van der Waals surface area contributed by atoms with Gasteiger partial charge in [0.25, 0.3) is 0 Å². The Morgan fingerprint density at radius 1 is 0.667 bits per heavy atom. The summed E-state index contributed by atoms with van der Waals surface area (Å²) in [6, 6.07) is 25.6. The van der Waals surface area contributed by atoms with E-state index in [9.17, 15) is 0 Å². The lowest BCUT2D eigenvalue weighted by Crippen LogP contribution is -2.42. The van der Waals surface area contributed by atoms with Crippen molar-refractivity contribution in [2.24, 2.45) is 0 Å². The molecule has 4 aliphatic carbocycles. The molecule has 3 aromatic carbocycles. The van der Waals surface area contributed by atoms with Crippen LogP contribution in [0.1, 0.15) is 64.1 Å². The molecule has 24 heavy (non-hydrogen) atoms. The van der Waals surface area contributed by atoms with Gasteiger partial charge in [-0.05, 0) is 58.2 Å². The van der Waals surface area contributed by atoms with Crippen molar-refractivity contribution in [2.75, 3.05) is 0 Å². The summed E-state index contributed by atoms with van der Waals surface area (Å²) in [6.45, 7) is 0. The van der Waals surface area contributed by atoms with Gasteiger partial charge in [0.2, 0.25) is 0 Å². The van der Waals surface area contributed by atoms with Crippen LogP contribution >= 0.6 is 0 Å². The molecular weight excluding hydrogens is 288 g/mol. The first-order valence-corrected chi connectivity index (χ1v) is 9.22. The van der Waals surface area contributed by atoms with Gasteiger partial charge in [-0.25, -0.2) is 0 Å². The number of benzene rings is 3. The minimum absolute atomic E-state index is 0.0877. The van der Waals surface area contributed by atoms with Crippen LogP contribution in [0, 0.1) is 0 Å². The number of hydrogen-bond acceptors (Lipinski definition) is 0. The molecule has 0 amide bonds. The van der Waals surface area contributed by atoms with Crippen molar-refractivity contribution in [1.82, 2.24) is 0 Å². The maximum absolute atomic E-state index is 2.41. The van der Waals surface area contributed by atoms with Gasteiger partial charge in [-0.2, -0.15) is 0 Å². The van der Waals surface area contributed by atoms with E-state index in [1.807, 2.05) is 0 Å². The van der Waals surface area contributed by atoms with Crippen LogP contribution in [0.3, 0.4) is 0 Å². The van der Waals surface area contributed by atoms with Crippen LogP contribution in [0.2, 0.25) is 0 Å². The van der Waals surface area contributed by atoms with Gasteiger partial charge in [-0.1, -0.05) is 73.2 Å². The molecule has 0 fully saturated rings. The minimum atomic E-state index is 0.0877. The molecule has 0 saturated heterocycles. The second-order valence-corrected chi connectivity index (χ2v) is 7.60. The predicted molar refractivity (Wildman–Crippen MR) is 97.7 cm³/mol. The SMILES string of the molecule is c1ccc2c(c1)C1c3ccccc3C23CCCCc2cccc1c23. The average Bonchev–Trinajstić information content (AvgIpc) is 2.85. The Hall–Kier alpha value is -2.34. The van der Waals surface area contributed by atoms with E-state index in [4.69, 9.17) is 0 Å². The van der Waals surface area contributed by atoms with Crippen molar-refractivity contribution in [1.29, 1.82) is 0 Å². The summed E-state index contributed by atoms with van der Waals surface area (Å²) in [4.78, 5) is 0. The molecule has 0 unspecified atom stereocenters. The Labute approximate surface area is 143 Å². The molecule has 0 nitrogen and oxygen atoms in total. The largest absolute Gasteiger partial charge is 0.0619 e. The molecule has 0 aliphatic heterocycles. The second-order valence-electron chi connectivity index (χ2n) is 7.60. The first-order chi connectivity index (χ1) is 11.9. The Bertz CT molecular complexity index is 931. The summed E-state index contributed by atoms with van der Waals surface area (Å²) in [5, 5.41) is 0. The summed E-state index contributed by atoms with van der Waals surface area (Å²) >= 11 is 0. The van der Waals surface area contributed by atoms with E-state index in [1.54, 1.807) is 38.9 Å². The van der Waals surface area contributed by atoms with Gasteiger partial charge in [-0.15, -0.1) is 0 Å². The monoisotopic (exact) mass is 308 g/mol. The van der Waals surface area contributed by atoms with E-state index in [-0.39, 0.29) is 5.41 Å². The quantitative estimate of drug-likeness (QED) is 0.510. The molecule has 0 aromatic heterocycles. The van der Waals surface area contributed by atoms with E-state index in [0.717, 1.165) is 0 Å². The van der Waals surface area contributed by atoms with E-state index < -0.39 is 0 Å². The molecule has 2 bridgehead atoms. The number of aryl methyl sites for hydroxylation is 1. The van der Waals surface area contributed by atoms with Crippen LogP contribution in [0.5, 0.6) is 0 Å². The summed E-state index contributed by atoms with van der Waals surface area (Å²) < 4.78 is 0. The van der Waals surface area contributed by atoms with E-state index in [0.29, 0.717) is 5.92 Å². The van der Waals surface area contributed by atoms with Crippen LogP contribution < -0.4 is 0 Å². The summed E-state index contributed by atoms with van der Waals surface area (Å²) in [5.41, 5.74) is 11.2. The molecular formula is C24H20. The number of hydrogen-bond donors (Lipinski definition) is 0. The zero-order chi connectivity index (χ0) is 15.7.